The van der Waals surface area contributed by atoms with Gasteiger partial charge in [0.05, 0.1) is 0 Å². The van der Waals surface area contributed by atoms with E-state index in [0.29, 0.717) is 19.0 Å². The minimum atomic E-state index is -3.42. The molecule has 0 radical (unpaired) electrons. The first-order chi connectivity index (χ1) is 10.5. The molecule has 2 unspecified atom stereocenters. The number of fused-ring (bicyclic) bond motifs is 1. The number of hydrogen-bond acceptors (Lipinski definition) is 3. The van der Waals surface area contributed by atoms with Crippen molar-refractivity contribution in [2.75, 3.05) is 18.8 Å². The first-order valence-corrected chi connectivity index (χ1v) is 9.55. The van der Waals surface area contributed by atoms with Crippen LogP contribution in [0.15, 0.2) is 18.2 Å². The molecule has 5 nitrogen and oxygen atoms in total. The van der Waals surface area contributed by atoms with Crippen LogP contribution in [0.2, 0.25) is 0 Å². The average Bonchev–Trinajstić information content (AvgIpc) is 2.47. The van der Waals surface area contributed by atoms with Gasteiger partial charge in [-0.3, -0.25) is 0 Å². The third kappa shape index (κ3) is 4.18. The summed E-state index contributed by atoms with van der Waals surface area (Å²) < 4.78 is 29.9. The summed E-state index contributed by atoms with van der Waals surface area (Å²) in [5.41, 5.74) is 8.83. The molecule has 1 fully saturated rings. The van der Waals surface area contributed by atoms with Crippen molar-refractivity contribution in [3.8, 4) is 0 Å². The molecule has 2 atom stereocenters. The molecule has 3 N–H and O–H groups in total. The van der Waals surface area contributed by atoms with E-state index in [-0.39, 0.29) is 18.4 Å². The number of nitrogens with zero attached hydrogens (tertiary/aromatic N) is 1. The number of halogens is 1. The van der Waals surface area contributed by atoms with Crippen LogP contribution in [0.4, 0.5) is 5.69 Å². The zero-order valence-corrected chi connectivity index (χ0v) is 15.1. The fraction of sp³-hybridized carbons (Fsp3) is 0.625. The fourth-order valence-corrected chi connectivity index (χ4v) is 5.15. The molecule has 0 aromatic heterocycles. The molecule has 0 saturated carbocycles. The molecule has 130 valence electrons. The van der Waals surface area contributed by atoms with E-state index >= 15 is 0 Å². The van der Waals surface area contributed by atoms with E-state index in [1.54, 1.807) is 4.31 Å². The summed E-state index contributed by atoms with van der Waals surface area (Å²) in [5.74, 6) is 0.434. The van der Waals surface area contributed by atoms with Gasteiger partial charge in [-0.15, -0.1) is 12.4 Å². The number of hydrogen-bond donors (Lipinski definition) is 2. The van der Waals surface area contributed by atoms with Gasteiger partial charge in [0.1, 0.15) is 0 Å². The molecule has 1 saturated heterocycles. The Bertz CT molecular complexity index is 651. The lowest BCUT2D eigenvalue weighted by atomic mass is 9.88. The summed E-state index contributed by atoms with van der Waals surface area (Å²) in [6, 6.07) is 5.66. The third-order valence-corrected chi connectivity index (χ3v) is 6.33. The van der Waals surface area contributed by atoms with E-state index < -0.39 is 10.2 Å². The summed E-state index contributed by atoms with van der Waals surface area (Å²) in [7, 11) is -3.42. The lowest BCUT2D eigenvalue weighted by Crippen LogP contribution is -2.47. The van der Waals surface area contributed by atoms with E-state index in [9.17, 15) is 8.42 Å². The van der Waals surface area contributed by atoms with Crippen molar-refractivity contribution < 1.29 is 8.42 Å². The minimum Gasteiger partial charge on any atom is -0.399 e. The summed E-state index contributed by atoms with van der Waals surface area (Å²) in [4.78, 5) is 0. The Labute approximate surface area is 145 Å². The van der Waals surface area contributed by atoms with Gasteiger partial charge in [-0.05, 0) is 61.3 Å². The monoisotopic (exact) mass is 359 g/mol. The van der Waals surface area contributed by atoms with Crippen LogP contribution in [-0.2, 0) is 16.6 Å². The molecule has 1 heterocycles. The Morgan fingerprint density at radius 2 is 2.04 bits per heavy atom. The Hall–Kier alpha value is -0.820. The van der Waals surface area contributed by atoms with Crippen LogP contribution >= 0.6 is 12.4 Å². The van der Waals surface area contributed by atoms with Crippen LogP contribution in [-0.4, -0.2) is 25.8 Å². The van der Waals surface area contributed by atoms with E-state index in [2.05, 4.69) is 11.6 Å². The van der Waals surface area contributed by atoms with Gasteiger partial charge < -0.3 is 5.73 Å². The van der Waals surface area contributed by atoms with Crippen molar-refractivity contribution in [1.82, 2.24) is 9.03 Å². The van der Waals surface area contributed by atoms with Gasteiger partial charge in [-0.25, -0.2) is 0 Å². The zero-order valence-electron chi connectivity index (χ0n) is 13.5. The van der Waals surface area contributed by atoms with Gasteiger partial charge in [0.2, 0.25) is 0 Å². The normalized spacial score (nSPS) is 25.4. The van der Waals surface area contributed by atoms with Gasteiger partial charge in [-0.2, -0.15) is 17.4 Å². The number of nitrogens with one attached hydrogen (secondary N) is 1. The summed E-state index contributed by atoms with van der Waals surface area (Å²) in [5, 5.41) is 0. The number of nitrogens with two attached hydrogens (primary N) is 1. The van der Waals surface area contributed by atoms with Crippen LogP contribution < -0.4 is 10.5 Å². The van der Waals surface area contributed by atoms with Gasteiger partial charge in [-0.1, -0.05) is 13.0 Å². The van der Waals surface area contributed by atoms with Crippen LogP contribution in [0, 0.1) is 5.92 Å². The molecular formula is C16H26ClN3O2S. The Kier molecular flexibility index (Phi) is 5.94. The van der Waals surface area contributed by atoms with Gasteiger partial charge in [0, 0.05) is 24.8 Å². The highest BCUT2D eigenvalue weighted by molar-refractivity contribution is 7.87. The topological polar surface area (TPSA) is 75.4 Å². The Morgan fingerprint density at radius 1 is 1.26 bits per heavy atom. The molecule has 1 aromatic carbocycles. The smallest absolute Gasteiger partial charge is 0.280 e. The van der Waals surface area contributed by atoms with Crippen molar-refractivity contribution in [3.63, 3.8) is 0 Å². The SMILES string of the molecule is CC1CCCN(S(=O)(=O)NC2CCCc3cc(N)ccc32)C1.Cl. The number of anilines is 1. The second kappa shape index (κ2) is 7.38. The molecule has 1 aromatic rings. The van der Waals surface area contributed by atoms with Crippen LogP contribution in [0.3, 0.4) is 0 Å². The van der Waals surface area contributed by atoms with Crippen LogP contribution in [0.1, 0.15) is 49.8 Å². The standard InChI is InChI=1S/C16H25N3O2S.ClH/c1-12-4-3-9-19(11-12)22(20,21)18-16-6-2-5-13-10-14(17)7-8-15(13)16;/h7-8,10,12,16,18H,2-6,9,11,17H2,1H3;1H. The number of piperidine rings is 1. The summed E-state index contributed by atoms with van der Waals surface area (Å²) in [6.07, 6.45) is 4.86. The average molecular weight is 360 g/mol. The lowest BCUT2D eigenvalue weighted by Gasteiger charge is -2.33. The van der Waals surface area contributed by atoms with Crippen molar-refractivity contribution in [3.05, 3.63) is 29.3 Å². The highest BCUT2D eigenvalue weighted by Crippen LogP contribution is 2.32. The molecular weight excluding hydrogens is 334 g/mol. The quantitative estimate of drug-likeness (QED) is 0.814. The molecule has 0 amide bonds. The van der Waals surface area contributed by atoms with Crippen LogP contribution in [0.5, 0.6) is 0 Å². The van der Waals surface area contributed by atoms with Crippen LogP contribution in [0.25, 0.3) is 0 Å². The maximum Gasteiger partial charge on any atom is 0.280 e. The maximum absolute atomic E-state index is 12.7. The van der Waals surface area contributed by atoms with Crippen molar-refractivity contribution in [1.29, 1.82) is 0 Å². The second-order valence-electron chi connectivity index (χ2n) is 6.63. The second-order valence-corrected chi connectivity index (χ2v) is 8.33. The highest BCUT2D eigenvalue weighted by Gasteiger charge is 2.31. The molecule has 0 bridgehead atoms. The number of benzene rings is 1. The van der Waals surface area contributed by atoms with Crippen molar-refractivity contribution in [2.45, 2.75) is 45.1 Å². The Morgan fingerprint density at radius 3 is 2.78 bits per heavy atom. The van der Waals surface area contributed by atoms with E-state index in [1.165, 1.54) is 5.56 Å². The van der Waals surface area contributed by atoms with Gasteiger partial charge in [0.15, 0.2) is 0 Å². The summed E-state index contributed by atoms with van der Waals surface area (Å²) in [6.45, 7) is 3.36. The highest BCUT2D eigenvalue weighted by atomic mass is 35.5. The van der Waals surface area contributed by atoms with E-state index in [1.807, 2.05) is 18.2 Å². The molecule has 1 aliphatic carbocycles. The zero-order chi connectivity index (χ0) is 15.7. The predicted octanol–water partition coefficient (Wildman–Crippen LogP) is 2.63. The number of nitrogen functional groups attached to an aromatic ring is 1. The molecule has 1 aliphatic heterocycles. The first kappa shape index (κ1) is 18.5. The lowest BCUT2D eigenvalue weighted by molar-refractivity contribution is 0.276. The molecule has 2 aliphatic rings. The molecule has 0 spiro atoms. The third-order valence-electron chi connectivity index (χ3n) is 4.73. The first-order valence-electron chi connectivity index (χ1n) is 8.11. The van der Waals surface area contributed by atoms with E-state index in [4.69, 9.17) is 5.73 Å². The van der Waals surface area contributed by atoms with E-state index in [0.717, 1.165) is 43.4 Å². The summed E-state index contributed by atoms with van der Waals surface area (Å²) >= 11 is 0. The van der Waals surface area contributed by atoms with Crippen molar-refractivity contribution in [2.24, 2.45) is 5.92 Å². The van der Waals surface area contributed by atoms with Crippen molar-refractivity contribution >= 4 is 28.3 Å². The largest absolute Gasteiger partial charge is 0.399 e. The van der Waals surface area contributed by atoms with Gasteiger partial charge >= 0.3 is 0 Å². The number of rotatable bonds is 3. The fourth-order valence-electron chi connectivity index (χ4n) is 3.58. The minimum absolute atomic E-state index is 0. The molecule has 3 rings (SSSR count). The maximum atomic E-state index is 12.7. The number of aryl methyl sites for hydroxylation is 1. The predicted molar refractivity (Wildman–Crippen MR) is 95.8 cm³/mol. The molecule has 23 heavy (non-hydrogen) atoms. The molecule has 7 heteroatoms. The Balaban J connectivity index is 0.00000192. The van der Waals surface area contributed by atoms with Gasteiger partial charge in [0.25, 0.3) is 10.2 Å².